The first-order chi connectivity index (χ1) is 8.33. The molecule has 2 nitrogen and oxygen atoms in total. The van der Waals surface area contributed by atoms with Crippen molar-refractivity contribution in [3.63, 3.8) is 0 Å². The van der Waals surface area contributed by atoms with Gasteiger partial charge >= 0.3 is 0 Å². The Kier molecular flexibility index (Phi) is 2.85. The van der Waals surface area contributed by atoms with E-state index in [1.165, 1.54) is 18.4 Å². The molecule has 86 valence electrons. The second-order valence-corrected chi connectivity index (χ2v) is 5.09. The highest BCUT2D eigenvalue weighted by Crippen LogP contribution is 2.40. The topological polar surface area (TPSA) is 22.1 Å². The van der Waals surface area contributed by atoms with Crippen molar-refractivity contribution in [3.05, 3.63) is 52.6 Å². The quantitative estimate of drug-likeness (QED) is 0.829. The molecule has 1 saturated carbocycles. The maximum absolute atomic E-state index is 5.71. The number of hydrogen-bond donors (Lipinski definition) is 0. The lowest BCUT2D eigenvalue weighted by molar-refractivity contribution is 0.459. The third kappa shape index (κ3) is 2.50. The van der Waals surface area contributed by atoms with Crippen molar-refractivity contribution in [2.45, 2.75) is 18.8 Å². The van der Waals surface area contributed by atoms with E-state index in [-0.39, 0.29) is 0 Å². The summed E-state index contributed by atoms with van der Waals surface area (Å²) in [4.78, 5) is 4.17. The van der Waals surface area contributed by atoms with E-state index in [0.29, 0.717) is 5.88 Å². The third-order valence-electron chi connectivity index (χ3n) is 2.87. The summed E-state index contributed by atoms with van der Waals surface area (Å²) < 4.78 is 6.57. The van der Waals surface area contributed by atoms with Gasteiger partial charge in [0.1, 0.15) is 5.75 Å². The molecule has 0 bridgehead atoms. The molecule has 0 amide bonds. The highest BCUT2D eigenvalue weighted by atomic mass is 79.9. The summed E-state index contributed by atoms with van der Waals surface area (Å²) in [5.74, 6) is 2.21. The van der Waals surface area contributed by atoms with Crippen LogP contribution in [0, 0.1) is 0 Å². The van der Waals surface area contributed by atoms with Gasteiger partial charge in [0.2, 0.25) is 5.88 Å². The van der Waals surface area contributed by atoms with E-state index < -0.39 is 0 Å². The summed E-state index contributed by atoms with van der Waals surface area (Å²) in [5, 5.41) is 0. The molecule has 0 radical (unpaired) electrons. The normalized spacial score (nSPS) is 14.6. The van der Waals surface area contributed by atoms with Crippen molar-refractivity contribution in [3.8, 4) is 11.6 Å². The van der Waals surface area contributed by atoms with Gasteiger partial charge in [-0.25, -0.2) is 4.98 Å². The number of benzene rings is 1. The van der Waals surface area contributed by atoms with Crippen molar-refractivity contribution >= 4 is 15.9 Å². The van der Waals surface area contributed by atoms with Crippen molar-refractivity contribution < 1.29 is 4.74 Å². The van der Waals surface area contributed by atoms with Gasteiger partial charge in [0.05, 0.1) is 4.47 Å². The molecule has 3 rings (SSSR count). The number of pyridine rings is 1. The maximum atomic E-state index is 5.71. The second-order valence-electron chi connectivity index (χ2n) is 4.24. The van der Waals surface area contributed by atoms with Gasteiger partial charge in [0.25, 0.3) is 0 Å². The van der Waals surface area contributed by atoms with Crippen LogP contribution < -0.4 is 4.74 Å². The largest absolute Gasteiger partial charge is 0.438 e. The molecule has 2 aromatic rings. The van der Waals surface area contributed by atoms with E-state index in [2.05, 4.69) is 33.0 Å². The van der Waals surface area contributed by atoms with Crippen LogP contribution in [0.3, 0.4) is 0 Å². The Balaban J connectivity index is 1.78. The third-order valence-corrected chi connectivity index (χ3v) is 3.47. The molecule has 1 fully saturated rings. The van der Waals surface area contributed by atoms with Crippen LogP contribution in [-0.4, -0.2) is 4.98 Å². The SMILES string of the molecule is Brc1cccnc1Oc1ccc(C2CC2)cc1. The van der Waals surface area contributed by atoms with Crippen molar-refractivity contribution in [1.29, 1.82) is 0 Å². The minimum Gasteiger partial charge on any atom is -0.438 e. The van der Waals surface area contributed by atoms with Gasteiger partial charge in [-0.15, -0.1) is 0 Å². The van der Waals surface area contributed by atoms with E-state index in [1.54, 1.807) is 6.20 Å². The minimum atomic E-state index is 0.603. The molecular formula is C14H12BrNO. The van der Waals surface area contributed by atoms with Gasteiger partial charge in [-0.2, -0.15) is 0 Å². The fourth-order valence-corrected chi connectivity index (χ4v) is 2.12. The minimum absolute atomic E-state index is 0.603. The zero-order valence-electron chi connectivity index (χ0n) is 9.27. The first-order valence-corrected chi connectivity index (χ1v) is 6.50. The molecule has 1 aromatic carbocycles. The Labute approximate surface area is 109 Å². The van der Waals surface area contributed by atoms with Gasteiger partial charge in [-0.1, -0.05) is 12.1 Å². The average Bonchev–Trinajstić information content (AvgIpc) is 3.17. The van der Waals surface area contributed by atoms with Crippen molar-refractivity contribution in [2.75, 3.05) is 0 Å². The van der Waals surface area contributed by atoms with Crippen LogP contribution in [0.5, 0.6) is 11.6 Å². The molecule has 0 spiro atoms. The average molecular weight is 290 g/mol. The number of nitrogens with zero attached hydrogens (tertiary/aromatic N) is 1. The lowest BCUT2D eigenvalue weighted by Crippen LogP contribution is -1.88. The van der Waals surface area contributed by atoms with Crippen LogP contribution in [0.25, 0.3) is 0 Å². The Bertz CT molecular complexity index is 520. The molecule has 1 aromatic heterocycles. The predicted octanol–water partition coefficient (Wildman–Crippen LogP) is 4.51. The lowest BCUT2D eigenvalue weighted by atomic mass is 10.1. The molecule has 1 aliphatic rings. The summed E-state index contributed by atoms with van der Waals surface area (Å²) in [7, 11) is 0. The fourth-order valence-electron chi connectivity index (χ4n) is 1.78. The molecule has 0 saturated heterocycles. The van der Waals surface area contributed by atoms with Crippen LogP contribution >= 0.6 is 15.9 Å². The van der Waals surface area contributed by atoms with Crippen molar-refractivity contribution in [1.82, 2.24) is 4.98 Å². The molecule has 0 atom stereocenters. The van der Waals surface area contributed by atoms with Crippen LogP contribution in [0.4, 0.5) is 0 Å². The molecule has 0 aliphatic heterocycles. The number of rotatable bonds is 3. The summed E-state index contributed by atoms with van der Waals surface area (Å²) in [5.41, 5.74) is 1.41. The van der Waals surface area contributed by atoms with E-state index >= 15 is 0 Å². The summed E-state index contributed by atoms with van der Waals surface area (Å²) >= 11 is 3.41. The van der Waals surface area contributed by atoms with Gasteiger partial charge in [0.15, 0.2) is 0 Å². The first kappa shape index (κ1) is 10.8. The molecule has 3 heteroatoms. The smallest absolute Gasteiger partial charge is 0.233 e. The van der Waals surface area contributed by atoms with E-state index in [1.807, 2.05) is 24.3 Å². The monoisotopic (exact) mass is 289 g/mol. The Morgan fingerprint density at radius 1 is 1.12 bits per heavy atom. The number of halogens is 1. The molecule has 1 heterocycles. The Morgan fingerprint density at radius 3 is 2.53 bits per heavy atom. The van der Waals surface area contributed by atoms with Gasteiger partial charge in [-0.3, -0.25) is 0 Å². The maximum Gasteiger partial charge on any atom is 0.233 e. The zero-order chi connectivity index (χ0) is 11.7. The fraction of sp³-hybridized carbons (Fsp3) is 0.214. The van der Waals surface area contributed by atoms with Crippen LogP contribution in [0.2, 0.25) is 0 Å². The highest BCUT2D eigenvalue weighted by Gasteiger charge is 2.23. The predicted molar refractivity (Wildman–Crippen MR) is 70.4 cm³/mol. The van der Waals surface area contributed by atoms with Crippen LogP contribution in [0.15, 0.2) is 47.1 Å². The highest BCUT2D eigenvalue weighted by molar-refractivity contribution is 9.10. The summed E-state index contributed by atoms with van der Waals surface area (Å²) in [6.45, 7) is 0. The van der Waals surface area contributed by atoms with E-state index in [9.17, 15) is 0 Å². The Morgan fingerprint density at radius 2 is 1.88 bits per heavy atom. The van der Waals surface area contributed by atoms with Crippen LogP contribution in [0.1, 0.15) is 24.3 Å². The van der Waals surface area contributed by atoms with E-state index in [4.69, 9.17) is 4.74 Å². The summed E-state index contributed by atoms with van der Waals surface area (Å²) in [6.07, 6.45) is 4.37. The number of hydrogen-bond acceptors (Lipinski definition) is 2. The Hall–Kier alpha value is -1.35. The molecule has 0 N–H and O–H groups in total. The molecule has 1 aliphatic carbocycles. The second kappa shape index (κ2) is 4.49. The standard InChI is InChI=1S/C14H12BrNO/c15-13-2-1-9-16-14(13)17-12-7-5-11(6-8-12)10-3-4-10/h1-2,5-10H,3-4H2. The van der Waals surface area contributed by atoms with Crippen molar-refractivity contribution in [2.24, 2.45) is 0 Å². The van der Waals surface area contributed by atoms with Gasteiger partial charge in [0, 0.05) is 6.20 Å². The molecule has 0 unspecified atom stereocenters. The summed E-state index contributed by atoms with van der Waals surface area (Å²) in [6, 6.07) is 12.1. The van der Waals surface area contributed by atoms with Crippen LogP contribution in [-0.2, 0) is 0 Å². The van der Waals surface area contributed by atoms with Gasteiger partial charge < -0.3 is 4.74 Å². The zero-order valence-corrected chi connectivity index (χ0v) is 10.9. The number of ether oxygens (including phenoxy) is 1. The number of aromatic nitrogens is 1. The first-order valence-electron chi connectivity index (χ1n) is 5.71. The molecule has 17 heavy (non-hydrogen) atoms. The molecular weight excluding hydrogens is 278 g/mol. The van der Waals surface area contributed by atoms with E-state index in [0.717, 1.165) is 16.1 Å². The lowest BCUT2D eigenvalue weighted by Gasteiger charge is -2.06. The van der Waals surface area contributed by atoms with Gasteiger partial charge in [-0.05, 0) is 64.5 Å².